The molecular weight excluding hydrogens is 372 g/mol. The predicted octanol–water partition coefficient (Wildman–Crippen LogP) is 0.556. The highest BCUT2D eigenvalue weighted by molar-refractivity contribution is 6.07. The maximum Gasteiger partial charge on any atom is 0.325 e. The predicted molar refractivity (Wildman–Crippen MR) is 106 cm³/mol. The summed E-state index contributed by atoms with van der Waals surface area (Å²) in [7, 11) is 0. The first-order valence-electron chi connectivity index (χ1n) is 10.3. The van der Waals surface area contributed by atoms with Crippen molar-refractivity contribution in [3.63, 3.8) is 0 Å². The molecule has 2 N–H and O–H groups in total. The summed E-state index contributed by atoms with van der Waals surface area (Å²) in [6.45, 7) is 2.63. The van der Waals surface area contributed by atoms with Crippen LogP contribution in [0.25, 0.3) is 0 Å². The number of piperidine rings is 2. The average Bonchev–Trinajstić information content (AvgIpc) is 2.99. The number of urea groups is 1. The third-order valence-corrected chi connectivity index (χ3v) is 6.40. The molecule has 4 amide bonds. The van der Waals surface area contributed by atoms with Crippen molar-refractivity contribution in [1.82, 2.24) is 20.0 Å². The van der Waals surface area contributed by atoms with E-state index in [1.807, 2.05) is 18.2 Å². The van der Waals surface area contributed by atoms with Crippen LogP contribution < -0.4 is 5.32 Å². The van der Waals surface area contributed by atoms with E-state index in [-0.39, 0.29) is 23.9 Å². The third-order valence-electron chi connectivity index (χ3n) is 6.40. The minimum absolute atomic E-state index is 0.162. The number of benzene rings is 1. The van der Waals surface area contributed by atoms with Gasteiger partial charge in [-0.3, -0.25) is 19.4 Å². The maximum absolute atomic E-state index is 13.3. The van der Waals surface area contributed by atoms with Gasteiger partial charge in [-0.1, -0.05) is 30.3 Å². The number of aliphatic hydroxyl groups excluding tert-OH is 1. The van der Waals surface area contributed by atoms with Crippen molar-refractivity contribution in [2.45, 2.75) is 43.8 Å². The molecule has 0 aromatic heterocycles. The van der Waals surface area contributed by atoms with Crippen molar-refractivity contribution in [2.24, 2.45) is 0 Å². The van der Waals surface area contributed by atoms with Gasteiger partial charge < -0.3 is 15.3 Å². The van der Waals surface area contributed by atoms with E-state index in [0.717, 1.165) is 19.6 Å². The first-order chi connectivity index (χ1) is 14.0. The fourth-order valence-electron chi connectivity index (χ4n) is 4.74. The van der Waals surface area contributed by atoms with Crippen LogP contribution in [0.2, 0.25) is 0 Å². The number of nitrogens with zero attached hydrogens (tertiary/aromatic N) is 3. The Labute approximate surface area is 170 Å². The second kappa shape index (κ2) is 8.12. The lowest BCUT2D eigenvalue weighted by Crippen LogP contribution is -2.56. The van der Waals surface area contributed by atoms with Gasteiger partial charge in [0.25, 0.3) is 5.91 Å². The molecule has 29 heavy (non-hydrogen) atoms. The standard InChI is InChI=1S/C21H28N4O4/c26-15-18(27)24-10-4-7-17(14-24)25-19(28)21(22-20(25)29)8-11-23(12-9-21)13-16-5-2-1-3-6-16/h1-3,5-6,17,26H,4,7-15H2,(H,22,29). The van der Waals surface area contributed by atoms with Gasteiger partial charge in [0.05, 0.1) is 6.04 Å². The van der Waals surface area contributed by atoms with Crippen LogP contribution in [0.15, 0.2) is 30.3 Å². The average molecular weight is 400 g/mol. The quantitative estimate of drug-likeness (QED) is 0.721. The Bertz CT molecular complexity index is 776. The Kier molecular flexibility index (Phi) is 5.56. The maximum atomic E-state index is 13.3. The van der Waals surface area contributed by atoms with Crippen LogP contribution in [-0.2, 0) is 16.1 Å². The van der Waals surface area contributed by atoms with Gasteiger partial charge in [-0.25, -0.2) is 4.79 Å². The molecule has 3 aliphatic heterocycles. The Balaban J connectivity index is 1.40. The Hall–Kier alpha value is -2.45. The highest BCUT2D eigenvalue weighted by atomic mass is 16.3. The van der Waals surface area contributed by atoms with Crippen molar-refractivity contribution >= 4 is 17.8 Å². The van der Waals surface area contributed by atoms with Crippen LogP contribution in [-0.4, -0.2) is 82.0 Å². The number of hydrogen-bond acceptors (Lipinski definition) is 5. The molecule has 0 saturated carbocycles. The Morgan fingerprint density at radius 3 is 2.55 bits per heavy atom. The third kappa shape index (κ3) is 3.86. The number of imide groups is 1. The molecule has 4 rings (SSSR count). The van der Waals surface area contributed by atoms with Gasteiger partial charge in [0, 0.05) is 32.7 Å². The molecule has 1 atom stereocenters. The highest BCUT2D eigenvalue weighted by Crippen LogP contribution is 2.32. The number of rotatable bonds is 4. The van der Waals surface area contributed by atoms with Crippen molar-refractivity contribution < 1.29 is 19.5 Å². The van der Waals surface area contributed by atoms with Gasteiger partial charge in [0.2, 0.25) is 5.91 Å². The van der Waals surface area contributed by atoms with Crippen LogP contribution in [0, 0.1) is 0 Å². The molecule has 1 aromatic carbocycles. The summed E-state index contributed by atoms with van der Waals surface area (Å²) in [5.41, 5.74) is 0.413. The van der Waals surface area contributed by atoms with Crippen LogP contribution in [0.4, 0.5) is 4.79 Å². The van der Waals surface area contributed by atoms with E-state index >= 15 is 0 Å². The molecular formula is C21H28N4O4. The van der Waals surface area contributed by atoms with Crippen LogP contribution in [0.3, 0.4) is 0 Å². The van der Waals surface area contributed by atoms with Gasteiger partial charge >= 0.3 is 6.03 Å². The van der Waals surface area contributed by atoms with Crippen LogP contribution in [0.5, 0.6) is 0 Å². The molecule has 3 fully saturated rings. The molecule has 1 unspecified atom stereocenters. The van der Waals surface area contributed by atoms with Crippen molar-refractivity contribution in [2.75, 3.05) is 32.8 Å². The van der Waals surface area contributed by atoms with E-state index in [4.69, 9.17) is 5.11 Å². The summed E-state index contributed by atoms with van der Waals surface area (Å²) in [4.78, 5) is 43.0. The largest absolute Gasteiger partial charge is 0.387 e. The van der Waals surface area contributed by atoms with E-state index in [1.165, 1.54) is 10.5 Å². The van der Waals surface area contributed by atoms with Crippen molar-refractivity contribution in [1.29, 1.82) is 0 Å². The summed E-state index contributed by atoms with van der Waals surface area (Å²) in [5.74, 6) is -0.518. The molecule has 0 bridgehead atoms. The van der Waals surface area contributed by atoms with E-state index in [1.54, 1.807) is 4.90 Å². The molecule has 0 radical (unpaired) electrons. The fraction of sp³-hybridized carbons (Fsp3) is 0.571. The SMILES string of the molecule is O=C(CO)N1CCCC(N2C(=O)NC3(CCN(Cc4ccccc4)CC3)C2=O)C1. The van der Waals surface area contributed by atoms with Crippen molar-refractivity contribution in [3.8, 4) is 0 Å². The van der Waals surface area contributed by atoms with E-state index in [0.29, 0.717) is 38.8 Å². The van der Waals surface area contributed by atoms with Gasteiger partial charge in [0.1, 0.15) is 12.1 Å². The zero-order chi connectivity index (χ0) is 20.4. The van der Waals surface area contributed by atoms with Gasteiger partial charge in [-0.05, 0) is 31.2 Å². The number of hydrogen-bond donors (Lipinski definition) is 2. The lowest BCUT2D eigenvalue weighted by atomic mass is 9.87. The number of carbonyl (C=O) groups excluding carboxylic acids is 3. The highest BCUT2D eigenvalue weighted by Gasteiger charge is 2.54. The van der Waals surface area contributed by atoms with E-state index in [9.17, 15) is 14.4 Å². The number of aliphatic hydroxyl groups is 1. The second-order valence-electron chi connectivity index (χ2n) is 8.24. The summed E-state index contributed by atoms with van der Waals surface area (Å²) in [6.07, 6.45) is 2.58. The summed E-state index contributed by atoms with van der Waals surface area (Å²) < 4.78 is 0. The number of amides is 4. The van der Waals surface area contributed by atoms with Crippen LogP contribution >= 0.6 is 0 Å². The van der Waals surface area contributed by atoms with Gasteiger partial charge in [-0.15, -0.1) is 0 Å². The number of likely N-dealkylation sites (tertiary alicyclic amines) is 2. The Morgan fingerprint density at radius 1 is 1.14 bits per heavy atom. The molecule has 0 aliphatic carbocycles. The van der Waals surface area contributed by atoms with Crippen LogP contribution in [0.1, 0.15) is 31.2 Å². The second-order valence-corrected chi connectivity index (χ2v) is 8.24. The molecule has 3 saturated heterocycles. The molecule has 8 heteroatoms. The molecule has 1 spiro atoms. The molecule has 156 valence electrons. The lowest BCUT2D eigenvalue weighted by Gasteiger charge is -2.39. The summed E-state index contributed by atoms with van der Waals surface area (Å²) >= 11 is 0. The zero-order valence-corrected chi connectivity index (χ0v) is 16.5. The summed E-state index contributed by atoms with van der Waals surface area (Å²) in [5, 5.41) is 12.1. The molecule has 1 aromatic rings. The van der Waals surface area contributed by atoms with E-state index < -0.39 is 12.1 Å². The summed E-state index contributed by atoms with van der Waals surface area (Å²) in [6, 6.07) is 9.55. The normalized spacial score (nSPS) is 24.8. The minimum Gasteiger partial charge on any atom is -0.387 e. The number of nitrogens with one attached hydrogen (secondary N) is 1. The minimum atomic E-state index is -0.826. The fourth-order valence-corrected chi connectivity index (χ4v) is 4.74. The van der Waals surface area contributed by atoms with Gasteiger partial charge in [-0.2, -0.15) is 0 Å². The smallest absolute Gasteiger partial charge is 0.325 e. The molecule has 3 aliphatic rings. The lowest BCUT2D eigenvalue weighted by molar-refractivity contribution is -0.140. The molecule has 3 heterocycles. The first kappa shape index (κ1) is 19.8. The van der Waals surface area contributed by atoms with Gasteiger partial charge in [0.15, 0.2) is 0 Å². The van der Waals surface area contributed by atoms with Crippen molar-refractivity contribution in [3.05, 3.63) is 35.9 Å². The van der Waals surface area contributed by atoms with E-state index in [2.05, 4.69) is 22.3 Å². The first-order valence-corrected chi connectivity index (χ1v) is 10.3. The zero-order valence-electron chi connectivity index (χ0n) is 16.5. The molecule has 8 nitrogen and oxygen atoms in total. The number of carbonyl (C=O) groups is 3. The topological polar surface area (TPSA) is 93.2 Å². The monoisotopic (exact) mass is 400 g/mol. The Morgan fingerprint density at radius 2 is 1.86 bits per heavy atom.